The number of likely N-dealkylation sites (tertiary alicyclic amines) is 1. The lowest BCUT2D eigenvalue weighted by molar-refractivity contribution is -0.137. The first-order valence-electron chi connectivity index (χ1n) is 7.31. The molecule has 0 saturated carbocycles. The molecule has 7 nitrogen and oxygen atoms in total. The molecule has 1 aromatic heterocycles. The Morgan fingerprint density at radius 1 is 1.52 bits per heavy atom. The van der Waals surface area contributed by atoms with E-state index in [1.807, 2.05) is 13.1 Å². The summed E-state index contributed by atoms with van der Waals surface area (Å²) in [5, 5.41) is 15.7. The molecule has 0 aromatic carbocycles. The van der Waals surface area contributed by atoms with Gasteiger partial charge in [0.2, 0.25) is 5.91 Å². The zero-order valence-electron chi connectivity index (χ0n) is 12.3. The summed E-state index contributed by atoms with van der Waals surface area (Å²) in [6.45, 7) is 5.41. The number of carboxylic acid groups (broad SMARTS) is 1. The molecule has 2 N–H and O–H groups in total. The van der Waals surface area contributed by atoms with E-state index in [2.05, 4.69) is 15.3 Å². The molecule has 7 heteroatoms. The van der Waals surface area contributed by atoms with E-state index in [1.54, 1.807) is 10.9 Å². The van der Waals surface area contributed by atoms with E-state index in [9.17, 15) is 9.59 Å². The van der Waals surface area contributed by atoms with Crippen LogP contribution in [0.15, 0.2) is 12.4 Å². The minimum absolute atomic E-state index is 0.0735. The average Bonchev–Trinajstić information content (AvgIpc) is 3.07. The van der Waals surface area contributed by atoms with Gasteiger partial charge in [-0.1, -0.05) is 0 Å². The number of nitrogens with zero attached hydrogens (tertiary/aromatic N) is 3. The van der Waals surface area contributed by atoms with Crippen LogP contribution in [-0.4, -0.2) is 51.3 Å². The van der Waals surface area contributed by atoms with Crippen LogP contribution in [0.25, 0.3) is 0 Å². The van der Waals surface area contributed by atoms with Crippen LogP contribution in [0, 0.1) is 5.92 Å². The Bertz CT molecular complexity index is 500. The fourth-order valence-corrected chi connectivity index (χ4v) is 2.59. The number of hydrogen-bond donors (Lipinski definition) is 2. The van der Waals surface area contributed by atoms with Crippen molar-refractivity contribution < 1.29 is 14.7 Å². The second kappa shape index (κ2) is 7.21. The van der Waals surface area contributed by atoms with E-state index >= 15 is 0 Å². The Labute approximate surface area is 123 Å². The van der Waals surface area contributed by atoms with Crippen LogP contribution in [0.1, 0.15) is 25.3 Å². The molecule has 1 aliphatic heterocycles. The lowest BCUT2D eigenvalue weighted by Gasteiger charge is -2.14. The molecule has 1 amide bonds. The second-order valence-electron chi connectivity index (χ2n) is 5.37. The number of amides is 1. The molecule has 0 unspecified atom stereocenters. The van der Waals surface area contributed by atoms with Crippen molar-refractivity contribution in [3.63, 3.8) is 0 Å². The van der Waals surface area contributed by atoms with E-state index < -0.39 is 5.97 Å². The highest BCUT2D eigenvalue weighted by Crippen LogP contribution is 2.18. The van der Waals surface area contributed by atoms with Gasteiger partial charge in [0.1, 0.15) is 0 Å². The molecule has 0 bridgehead atoms. The third-order valence-electron chi connectivity index (χ3n) is 3.64. The van der Waals surface area contributed by atoms with Crippen LogP contribution in [0.3, 0.4) is 0 Å². The summed E-state index contributed by atoms with van der Waals surface area (Å²) in [6.07, 6.45) is 4.60. The highest BCUT2D eigenvalue weighted by molar-refractivity contribution is 5.79. The number of nitrogens with one attached hydrogen (secondary N) is 1. The smallest absolute Gasteiger partial charge is 0.305 e. The van der Waals surface area contributed by atoms with Crippen molar-refractivity contribution in [3.8, 4) is 0 Å². The summed E-state index contributed by atoms with van der Waals surface area (Å²) in [5.41, 5.74) is 1.05. The average molecular weight is 294 g/mol. The van der Waals surface area contributed by atoms with Crippen molar-refractivity contribution in [1.82, 2.24) is 20.0 Å². The molecule has 0 radical (unpaired) electrons. The monoisotopic (exact) mass is 294 g/mol. The topological polar surface area (TPSA) is 87.5 Å². The molecule has 1 aromatic rings. The zero-order valence-corrected chi connectivity index (χ0v) is 12.3. The summed E-state index contributed by atoms with van der Waals surface area (Å²) in [6, 6.07) is 0. The number of rotatable bonds is 7. The van der Waals surface area contributed by atoms with Crippen molar-refractivity contribution in [2.75, 3.05) is 19.6 Å². The van der Waals surface area contributed by atoms with E-state index in [0.29, 0.717) is 13.1 Å². The number of aryl methyl sites for hydroxylation is 1. The summed E-state index contributed by atoms with van der Waals surface area (Å²) in [7, 11) is 0. The van der Waals surface area contributed by atoms with E-state index in [1.165, 1.54) is 0 Å². The molecule has 21 heavy (non-hydrogen) atoms. The first kappa shape index (κ1) is 15.5. The van der Waals surface area contributed by atoms with E-state index in [4.69, 9.17) is 5.11 Å². The summed E-state index contributed by atoms with van der Waals surface area (Å²) >= 11 is 0. The molecule has 0 aliphatic carbocycles. The molecule has 1 aliphatic rings. The number of carbonyl (C=O) groups excluding carboxylic acids is 1. The predicted octanol–water partition coefficient (Wildman–Crippen LogP) is 0.316. The van der Waals surface area contributed by atoms with Gasteiger partial charge in [0, 0.05) is 31.4 Å². The van der Waals surface area contributed by atoms with Crippen LogP contribution >= 0.6 is 0 Å². The lowest BCUT2D eigenvalue weighted by atomic mass is 10.1. The van der Waals surface area contributed by atoms with Crippen LogP contribution in [0.4, 0.5) is 0 Å². The van der Waals surface area contributed by atoms with Gasteiger partial charge in [-0.05, 0) is 19.9 Å². The first-order valence-corrected chi connectivity index (χ1v) is 7.31. The Morgan fingerprint density at radius 2 is 2.33 bits per heavy atom. The van der Waals surface area contributed by atoms with Crippen LogP contribution in [-0.2, 0) is 22.7 Å². The highest BCUT2D eigenvalue weighted by atomic mass is 16.4. The van der Waals surface area contributed by atoms with Gasteiger partial charge in [0.15, 0.2) is 0 Å². The van der Waals surface area contributed by atoms with Gasteiger partial charge in [-0.3, -0.25) is 19.2 Å². The standard InChI is InChI=1S/C14H22N4O3/c1-2-15-14(21)12-3-5-17(10-12)8-11-7-16-18(9-11)6-4-13(19)20/h7,9,12H,2-6,8,10H2,1H3,(H,15,21)(H,19,20)/t12-/m0/s1. The van der Waals surface area contributed by atoms with Gasteiger partial charge >= 0.3 is 5.97 Å². The molecule has 0 spiro atoms. The molecular formula is C14H22N4O3. The minimum atomic E-state index is -0.823. The van der Waals surface area contributed by atoms with Gasteiger partial charge in [-0.15, -0.1) is 0 Å². The van der Waals surface area contributed by atoms with E-state index in [0.717, 1.165) is 31.6 Å². The largest absolute Gasteiger partial charge is 0.481 e. The quantitative estimate of drug-likeness (QED) is 0.756. The highest BCUT2D eigenvalue weighted by Gasteiger charge is 2.27. The molecule has 1 saturated heterocycles. The van der Waals surface area contributed by atoms with Crippen molar-refractivity contribution in [1.29, 1.82) is 0 Å². The van der Waals surface area contributed by atoms with Crippen LogP contribution < -0.4 is 5.32 Å². The Morgan fingerprint density at radius 3 is 3.05 bits per heavy atom. The summed E-state index contributed by atoms with van der Waals surface area (Å²) in [4.78, 5) is 24.5. The summed E-state index contributed by atoms with van der Waals surface area (Å²) < 4.78 is 1.65. The number of aliphatic carboxylic acids is 1. The summed E-state index contributed by atoms with van der Waals surface area (Å²) in [5.74, 6) is -0.611. The molecule has 116 valence electrons. The minimum Gasteiger partial charge on any atom is -0.481 e. The van der Waals surface area contributed by atoms with Crippen LogP contribution in [0.2, 0.25) is 0 Å². The first-order chi connectivity index (χ1) is 10.1. The molecule has 2 rings (SSSR count). The third kappa shape index (κ3) is 4.56. The number of carbonyl (C=O) groups is 2. The predicted molar refractivity (Wildman–Crippen MR) is 76.5 cm³/mol. The Hall–Kier alpha value is -1.89. The number of hydrogen-bond acceptors (Lipinski definition) is 4. The Kier molecular flexibility index (Phi) is 5.32. The van der Waals surface area contributed by atoms with Gasteiger partial charge in [0.05, 0.1) is 25.1 Å². The number of carboxylic acids is 1. The lowest BCUT2D eigenvalue weighted by Crippen LogP contribution is -2.32. The van der Waals surface area contributed by atoms with Crippen LogP contribution in [0.5, 0.6) is 0 Å². The fraction of sp³-hybridized carbons (Fsp3) is 0.643. The van der Waals surface area contributed by atoms with Gasteiger partial charge in [-0.25, -0.2) is 0 Å². The maximum Gasteiger partial charge on any atom is 0.305 e. The third-order valence-corrected chi connectivity index (χ3v) is 3.64. The normalized spacial score (nSPS) is 18.8. The Balaban J connectivity index is 1.80. The number of aromatic nitrogens is 2. The van der Waals surface area contributed by atoms with E-state index in [-0.39, 0.29) is 18.2 Å². The van der Waals surface area contributed by atoms with Crippen molar-refractivity contribution >= 4 is 11.9 Å². The van der Waals surface area contributed by atoms with Gasteiger partial charge in [0.25, 0.3) is 0 Å². The second-order valence-corrected chi connectivity index (χ2v) is 5.37. The maximum absolute atomic E-state index is 11.8. The molecular weight excluding hydrogens is 272 g/mol. The van der Waals surface area contributed by atoms with Crippen molar-refractivity contribution in [3.05, 3.63) is 18.0 Å². The SMILES string of the molecule is CCNC(=O)[C@H]1CCN(Cc2cnn(CCC(=O)O)c2)C1. The molecule has 1 fully saturated rings. The van der Waals surface area contributed by atoms with Crippen molar-refractivity contribution in [2.24, 2.45) is 5.92 Å². The van der Waals surface area contributed by atoms with Gasteiger partial charge < -0.3 is 10.4 Å². The molecule has 1 atom stereocenters. The zero-order chi connectivity index (χ0) is 15.2. The van der Waals surface area contributed by atoms with Gasteiger partial charge in [-0.2, -0.15) is 5.10 Å². The van der Waals surface area contributed by atoms with Crippen molar-refractivity contribution in [2.45, 2.75) is 32.9 Å². The maximum atomic E-state index is 11.8. The molecule has 2 heterocycles. The fourth-order valence-electron chi connectivity index (χ4n) is 2.59.